The van der Waals surface area contributed by atoms with Gasteiger partial charge >= 0.3 is 24.3 Å². The molecule has 3 atom stereocenters. The van der Waals surface area contributed by atoms with Gasteiger partial charge in [0.25, 0.3) is 5.91 Å². The maximum absolute atomic E-state index is 12.9. The standard InChI is InChI=1S/C22H33N7O2.2C2HF3O2/c1-4-14(12-31-3)25-21(30)20-26-16-10-9-13(2)11-15(16)19(29-20)27-17-7-5-6-8-18(17)28-22(23)24;2*3-2(4,5)1(6)7/h9-11,14,17-18H,4-8,12H2,1-3H3,(H,25,30)(H4,23,24,28)(H,26,27,29);2*(H,6,7). The molecule has 1 aliphatic rings. The number of aliphatic carboxylic acids is 2. The smallest absolute Gasteiger partial charge is 0.475 e. The second kappa shape index (κ2) is 17.2. The van der Waals surface area contributed by atoms with Crippen LogP contribution < -0.4 is 21.7 Å². The van der Waals surface area contributed by atoms with Gasteiger partial charge in [-0.25, -0.2) is 19.6 Å². The minimum Gasteiger partial charge on any atom is -0.475 e. The number of carbonyl (C=O) groups is 3. The Morgan fingerprint density at radius 2 is 1.58 bits per heavy atom. The van der Waals surface area contributed by atoms with Gasteiger partial charge in [0.05, 0.1) is 18.2 Å². The van der Waals surface area contributed by atoms with E-state index in [1.54, 1.807) is 7.11 Å². The van der Waals surface area contributed by atoms with Crippen molar-refractivity contribution < 1.29 is 55.7 Å². The normalized spacial score (nSPS) is 17.0. The molecule has 0 bridgehead atoms. The molecule has 3 rings (SSSR count). The Hall–Kier alpha value is -4.42. The van der Waals surface area contributed by atoms with Gasteiger partial charge in [-0.3, -0.25) is 10.2 Å². The number of fused-ring (bicyclic) bond motifs is 1. The van der Waals surface area contributed by atoms with Crippen LogP contribution in [-0.4, -0.2) is 88.2 Å². The van der Waals surface area contributed by atoms with E-state index in [9.17, 15) is 31.1 Å². The molecule has 8 N–H and O–H groups in total. The number of carboxylic acid groups (broad SMARTS) is 2. The highest BCUT2D eigenvalue weighted by molar-refractivity contribution is 5.96. The first-order chi connectivity index (χ1) is 20.8. The topological polar surface area (TPSA) is 213 Å². The third-order valence-electron chi connectivity index (χ3n) is 6.16. The highest BCUT2D eigenvalue weighted by Gasteiger charge is 2.39. The fraction of sp³-hybridized carbons (Fsp3) is 0.538. The first kappa shape index (κ1) is 38.6. The van der Waals surface area contributed by atoms with Crippen LogP contribution >= 0.6 is 0 Å². The van der Waals surface area contributed by atoms with Crippen LogP contribution in [0.4, 0.5) is 32.2 Å². The summed E-state index contributed by atoms with van der Waals surface area (Å²) in [6.07, 6.45) is -5.41. The van der Waals surface area contributed by atoms with Gasteiger partial charge in [-0.2, -0.15) is 26.3 Å². The van der Waals surface area contributed by atoms with Crippen LogP contribution in [0.25, 0.3) is 10.9 Å². The maximum Gasteiger partial charge on any atom is 0.490 e. The predicted octanol–water partition coefficient (Wildman–Crippen LogP) is 3.57. The molecule has 1 amide bonds. The molecule has 1 aromatic heterocycles. The zero-order chi connectivity index (χ0) is 34.5. The summed E-state index contributed by atoms with van der Waals surface area (Å²) < 4.78 is 68.7. The Labute approximate surface area is 253 Å². The monoisotopic (exact) mass is 655 g/mol. The van der Waals surface area contributed by atoms with E-state index in [4.69, 9.17) is 35.7 Å². The predicted molar refractivity (Wildman–Crippen MR) is 150 cm³/mol. The van der Waals surface area contributed by atoms with E-state index in [0.717, 1.165) is 43.1 Å². The highest BCUT2D eigenvalue weighted by atomic mass is 19.4. The average Bonchev–Trinajstić information content (AvgIpc) is 2.93. The summed E-state index contributed by atoms with van der Waals surface area (Å²) in [6.45, 7) is 4.44. The molecule has 0 aliphatic heterocycles. The third-order valence-corrected chi connectivity index (χ3v) is 6.16. The molecule has 2 aromatic rings. The minimum absolute atomic E-state index is 0.0320. The van der Waals surface area contributed by atoms with Gasteiger partial charge in [-0.15, -0.1) is 0 Å². The summed E-state index contributed by atoms with van der Waals surface area (Å²) in [7, 11) is 1.61. The number of rotatable bonds is 8. The lowest BCUT2D eigenvalue weighted by molar-refractivity contribution is -0.193. The second-order valence-electron chi connectivity index (χ2n) is 9.76. The van der Waals surface area contributed by atoms with Crippen LogP contribution in [0.3, 0.4) is 0 Å². The van der Waals surface area contributed by atoms with E-state index in [1.165, 1.54) is 0 Å². The summed E-state index contributed by atoms with van der Waals surface area (Å²) in [4.78, 5) is 39.8. The van der Waals surface area contributed by atoms with Crippen molar-refractivity contribution >= 4 is 40.5 Å². The second-order valence-corrected chi connectivity index (χ2v) is 9.76. The fourth-order valence-electron chi connectivity index (χ4n) is 4.02. The lowest BCUT2D eigenvalue weighted by Crippen LogP contribution is -2.50. The number of aryl methyl sites for hydroxylation is 1. The van der Waals surface area contributed by atoms with Gasteiger partial charge in [-0.05, 0) is 38.3 Å². The van der Waals surface area contributed by atoms with Gasteiger partial charge in [-0.1, -0.05) is 31.4 Å². The molecular weight excluding hydrogens is 620 g/mol. The van der Waals surface area contributed by atoms with Crippen LogP contribution in [0.5, 0.6) is 0 Å². The summed E-state index contributed by atoms with van der Waals surface area (Å²) in [5.41, 5.74) is 7.39. The number of nitrogens with one attached hydrogen (secondary N) is 4. The van der Waals surface area contributed by atoms with Crippen LogP contribution in [0.1, 0.15) is 55.2 Å². The molecule has 45 heavy (non-hydrogen) atoms. The molecule has 19 heteroatoms. The van der Waals surface area contributed by atoms with Gasteiger partial charge < -0.3 is 36.6 Å². The Morgan fingerprint density at radius 1 is 1.04 bits per heavy atom. The largest absolute Gasteiger partial charge is 0.490 e. The number of hydrogen-bond acceptors (Lipinski definition) is 8. The molecule has 1 heterocycles. The molecule has 13 nitrogen and oxygen atoms in total. The van der Waals surface area contributed by atoms with Crippen LogP contribution in [0.2, 0.25) is 0 Å². The van der Waals surface area contributed by atoms with Gasteiger partial charge in [0.1, 0.15) is 5.82 Å². The number of amides is 1. The van der Waals surface area contributed by atoms with Gasteiger partial charge in [0.2, 0.25) is 5.82 Å². The fourth-order valence-corrected chi connectivity index (χ4v) is 4.02. The number of alkyl halides is 6. The minimum atomic E-state index is -5.08. The number of hydrogen-bond donors (Lipinski definition) is 7. The first-order valence-corrected chi connectivity index (χ1v) is 13.4. The molecular formula is C26H35F6N7O6. The Kier molecular flexibility index (Phi) is 14.7. The van der Waals surface area contributed by atoms with Crippen molar-refractivity contribution in [2.24, 2.45) is 5.73 Å². The summed E-state index contributed by atoms with van der Waals surface area (Å²) in [5, 5.41) is 32.3. The molecule has 0 radical (unpaired) electrons. The van der Waals surface area contributed by atoms with E-state index in [2.05, 4.69) is 25.9 Å². The Balaban J connectivity index is 0.000000601. The number of nitrogens with two attached hydrogens (primary N) is 1. The zero-order valence-corrected chi connectivity index (χ0v) is 24.5. The van der Waals surface area contributed by atoms with E-state index >= 15 is 0 Å². The number of halogens is 6. The van der Waals surface area contributed by atoms with Gasteiger partial charge in [0, 0.05) is 24.6 Å². The molecule has 1 saturated carbocycles. The number of nitrogens with zero attached hydrogens (tertiary/aromatic N) is 2. The van der Waals surface area contributed by atoms with Crippen molar-refractivity contribution in [3.63, 3.8) is 0 Å². The number of methoxy groups -OCH3 is 1. The lowest BCUT2D eigenvalue weighted by Gasteiger charge is -2.33. The summed E-state index contributed by atoms with van der Waals surface area (Å²) >= 11 is 0. The average molecular weight is 656 g/mol. The van der Waals surface area contributed by atoms with E-state index < -0.39 is 24.3 Å². The molecule has 1 aliphatic carbocycles. The third kappa shape index (κ3) is 13.4. The van der Waals surface area contributed by atoms with E-state index in [-0.39, 0.29) is 35.8 Å². The number of carboxylic acids is 2. The SMILES string of the molecule is CCC(COC)NC(=O)c1nc(NC2CCCCC2NC(=N)N)c2cc(C)ccc2n1.O=C(O)C(F)(F)F.O=C(O)C(F)(F)F. The van der Waals surface area contributed by atoms with Crippen molar-refractivity contribution in [2.45, 2.75) is 76.4 Å². The number of anilines is 1. The van der Waals surface area contributed by atoms with Gasteiger partial charge in [0.15, 0.2) is 5.96 Å². The van der Waals surface area contributed by atoms with Crippen LogP contribution in [0.15, 0.2) is 18.2 Å². The number of guanidine groups is 1. The zero-order valence-electron chi connectivity index (χ0n) is 24.5. The van der Waals surface area contributed by atoms with Crippen molar-refractivity contribution in [1.29, 1.82) is 5.41 Å². The van der Waals surface area contributed by atoms with E-state index in [0.29, 0.717) is 17.9 Å². The van der Waals surface area contributed by atoms with Crippen molar-refractivity contribution in [2.75, 3.05) is 19.0 Å². The molecule has 252 valence electrons. The summed E-state index contributed by atoms with van der Waals surface area (Å²) in [5.74, 6) is -5.12. The number of benzene rings is 1. The molecule has 0 saturated heterocycles. The lowest BCUT2D eigenvalue weighted by atomic mass is 9.90. The Morgan fingerprint density at radius 3 is 2.04 bits per heavy atom. The van der Waals surface area contributed by atoms with Crippen LogP contribution in [-0.2, 0) is 14.3 Å². The first-order valence-electron chi connectivity index (χ1n) is 13.4. The maximum atomic E-state index is 12.9. The molecule has 0 spiro atoms. The Bertz CT molecular complexity index is 1300. The summed E-state index contributed by atoms with van der Waals surface area (Å²) in [6, 6.07) is 5.88. The van der Waals surface area contributed by atoms with E-state index in [1.807, 2.05) is 32.0 Å². The van der Waals surface area contributed by atoms with Crippen molar-refractivity contribution in [3.8, 4) is 0 Å². The van der Waals surface area contributed by atoms with Crippen LogP contribution in [0, 0.1) is 12.3 Å². The van der Waals surface area contributed by atoms with Crippen molar-refractivity contribution in [1.82, 2.24) is 20.6 Å². The highest BCUT2D eigenvalue weighted by Crippen LogP contribution is 2.27. The quantitative estimate of drug-likeness (QED) is 0.124. The number of carbonyl (C=O) groups excluding carboxylic acids is 1. The number of aromatic nitrogens is 2. The van der Waals surface area contributed by atoms with Crippen molar-refractivity contribution in [3.05, 3.63) is 29.6 Å². The number of ether oxygens (including phenoxy) is 1. The molecule has 1 aromatic carbocycles. The molecule has 1 fully saturated rings. The molecule has 3 unspecified atom stereocenters.